The van der Waals surface area contributed by atoms with E-state index in [2.05, 4.69) is 39.1 Å². The lowest BCUT2D eigenvalue weighted by molar-refractivity contribution is -0.114. The number of hydrogen-bond acceptors (Lipinski definition) is 4. The van der Waals surface area contributed by atoms with Crippen LogP contribution < -0.4 is 5.32 Å². The Bertz CT molecular complexity index is 1300. The average Bonchev–Trinajstić information content (AvgIpc) is 3.03. The summed E-state index contributed by atoms with van der Waals surface area (Å²) in [6, 6.07) is 17.8. The SMILES string of the molecule is CC(=O)Nc1cc2nc(C)n(Cc3ccc(-c4cccc(C(C)=O)c4)cc3)c2nc1C. The molecule has 0 spiro atoms. The van der Waals surface area contributed by atoms with Crippen molar-refractivity contribution in [1.82, 2.24) is 14.5 Å². The van der Waals surface area contributed by atoms with Crippen molar-refractivity contribution in [2.75, 3.05) is 5.32 Å². The minimum atomic E-state index is -0.130. The van der Waals surface area contributed by atoms with Crippen molar-refractivity contribution >= 4 is 28.5 Å². The highest BCUT2D eigenvalue weighted by molar-refractivity contribution is 5.95. The summed E-state index contributed by atoms with van der Waals surface area (Å²) >= 11 is 0. The van der Waals surface area contributed by atoms with E-state index in [9.17, 15) is 9.59 Å². The zero-order valence-corrected chi connectivity index (χ0v) is 18.1. The van der Waals surface area contributed by atoms with E-state index >= 15 is 0 Å². The first kappa shape index (κ1) is 20.5. The van der Waals surface area contributed by atoms with Crippen LogP contribution in [0.3, 0.4) is 0 Å². The number of fused-ring (bicyclic) bond motifs is 1. The number of aromatic nitrogens is 3. The molecule has 31 heavy (non-hydrogen) atoms. The maximum absolute atomic E-state index is 11.7. The van der Waals surface area contributed by atoms with Crippen LogP contribution in [0.5, 0.6) is 0 Å². The lowest BCUT2D eigenvalue weighted by Crippen LogP contribution is -2.09. The van der Waals surface area contributed by atoms with Crippen LogP contribution in [-0.2, 0) is 11.3 Å². The predicted octanol–water partition coefficient (Wildman–Crippen LogP) is 4.92. The van der Waals surface area contributed by atoms with Gasteiger partial charge in [-0.25, -0.2) is 9.97 Å². The Balaban J connectivity index is 1.63. The second-order valence-electron chi connectivity index (χ2n) is 7.72. The van der Waals surface area contributed by atoms with E-state index in [-0.39, 0.29) is 11.7 Å². The van der Waals surface area contributed by atoms with Gasteiger partial charge in [0.05, 0.1) is 17.9 Å². The summed E-state index contributed by atoms with van der Waals surface area (Å²) in [7, 11) is 0. The number of amides is 1. The molecule has 0 fully saturated rings. The Morgan fingerprint density at radius 1 is 0.935 bits per heavy atom. The van der Waals surface area contributed by atoms with Gasteiger partial charge in [-0.05, 0) is 49.6 Å². The van der Waals surface area contributed by atoms with Gasteiger partial charge in [-0.3, -0.25) is 9.59 Å². The molecule has 0 unspecified atom stereocenters. The van der Waals surface area contributed by atoms with E-state index in [1.165, 1.54) is 6.92 Å². The van der Waals surface area contributed by atoms with Gasteiger partial charge in [-0.15, -0.1) is 0 Å². The zero-order valence-electron chi connectivity index (χ0n) is 18.1. The maximum Gasteiger partial charge on any atom is 0.221 e. The van der Waals surface area contributed by atoms with Gasteiger partial charge in [0, 0.05) is 12.5 Å². The molecule has 4 aromatic rings. The molecule has 156 valence electrons. The highest BCUT2D eigenvalue weighted by Gasteiger charge is 2.13. The summed E-state index contributed by atoms with van der Waals surface area (Å²) in [6.45, 7) is 7.53. The second-order valence-corrected chi connectivity index (χ2v) is 7.72. The Labute approximate surface area is 181 Å². The van der Waals surface area contributed by atoms with Crippen molar-refractivity contribution in [2.24, 2.45) is 0 Å². The second kappa shape index (κ2) is 8.14. The largest absolute Gasteiger partial charge is 0.325 e. The minimum absolute atomic E-state index is 0.0605. The zero-order chi connectivity index (χ0) is 22.1. The Kier molecular flexibility index (Phi) is 5.38. The first-order chi connectivity index (χ1) is 14.8. The van der Waals surface area contributed by atoms with Crippen LogP contribution in [0.1, 0.15) is 41.3 Å². The number of rotatable bonds is 5. The van der Waals surface area contributed by atoms with Gasteiger partial charge in [0.15, 0.2) is 11.4 Å². The molecule has 0 atom stereocenters. The lowest BCUT2D eigenvalue weighted by Gasteiger charge is -2.10. The fourth-order valence-corrected chi connectivity index (χ4v) is 3.66. The van der Waals surface area contributed by atoms with E-state index in [0.717, 1.165) is 39.4 Å². The summed E-state index contributed by atoms with van der Waals surface area (Å²) < 4.78 is 2.07. The quantitative estimate of drug-likeness (QED) is 0.472. The summed E-state index contributed by atoms with van der Waals surface area (Å²) in [6.07, 6.45) is 0. The molecule has 6 heteroatoms. The topological polar surface area (TPSA) is 76.9 Å². The third-order valence-corrected chi connectivity index (χ3v) is 5.31. The summed E-state index contributed by atoms with van der Waals surface area (Å²) in [5.41, 5.74) is 6.90. The van der Waals surface area contributed by atoms with E-state index in [1.807, 2.05) is 44.2 Å². The van der Waals surface area contributed by atoms with Gasteiger partial charge in [-0.1, -0.05) is 42.5 Å². The van der Waals surface area contributed by atoms with Crippen LogP contribution in [-0.4, -0.2) is 26.2 Å². The highest BCUT2D eigenvalue weighted by atomic mass is 16.1. The average molecular weight is 412 g/mol. The molecule has 0 saturated heterocycles. The molecule has 0 saturated carbocycles. The third kappa shape index (κ3) is 4.23. The number of carbonyl (C=O) groups is 2. The Morgan fingerprint density at radius 2 is 1.68 bits per heavy atom. The molecule has 2 aromatic carbocycles. The number of aryl methyl sites for hydroxylation is 2. The number of pyridine rings is 1. The van der Waals surface area contributed by atoms with Crippen molar-refractivity contribution in [1.29, 1.82) is 0 Å². The van der Waals surface area contributed by atoms with Crippen molar-refractivity contribution in [3.63, 3.8) is 0 Å². The number of ketones is 1. The molecular weight excluding hydrogens is 388 g/mol. The first-order valence-electron chi connectivity index (χ1n) is 10.1. The molecule has 1 amide bonds. The molecule has 0 bridgehead atoms. The van der Waals surface area contributed by atoms with Crippen LogP contribution >= 0.6 is 0 Å². The molecule has 0 aliphatic carbocycles. The van der Waals surface area contributed by atoms with Crippen LogP contribution in [0.25, 0.3) is 22.3 Å². The number of anilines is 1. The maximum atomic E-state index is 11.7. The molecule has 4 rings (SSSR count). The number of imidazole rings is 1. The fraction of sp³-hybridized carbons (Fsp3) is 0.200. The molecule has 1 N–H and O–H groups in total. The molecule has 0 aliphatic heterocycles. The van der Waals surface area contributed by atoms with Crippen molar-refractivity contribution in [3.8, 4) is 11.1 Å². The number of carbonyl (C=O) groups excluding carboxylic acids is 2. The Morgan fingerprint density at radius 3 is 2.35 bits per heavy atom. The molecule has 0 radical (unpaired) electrons. The normalized spacial score (nSPS) is 11.0. The Hall–Kier alpha value is -3.80. The predicted molar refractivity (Wildman–Crippen MR) is 122 cm³/mol. The molecular formula is C25H24N4O2. The van der Waals surface area contributed by atoms with Crippen LogP contribution in [0.15, 0.2) is 54.6 Å². The minimum Gasteiger partial charge on any atom is -0.325 e. The van der Waals surface area contributed by atoms with Gasteiger partial charge in [0.2, 0.25) is 5.91 Å². The molecule has 2 aromatic heterocycles. The summed E-state index contributed by atoms with van der Waals surface area (Å²) in [5, 5.41) is 2.80. The fourth-order valence-electron chi connectivity index (χ4n) is 3.66. The van der Waals surface area contributed by atoms with Gasteiger partial charge in [-0.2, -0.15) is 0 Å². The van der Waals surface area contributed by atoms with Crippen LogP contribution in [0.2, 0.25) is 0 Å². The van der Waals surface area contributed by atoms with Crippen molar-refractivity contribution < 1.29 is 9.59 Å². The van der Waals surface area contributed by atoms with Crippen molar-refractivity contribution in [2.45, 2.75) is 34.2 Å². The van der Waals surface area contributed by atoms with E-state index in [4.69, 9.17) is 4.98 Å². The standard InChI is InChI=1S/C25H24N4O2/c1-15-23(28-18(4)31)13-24-25(26-15)29(17(3)27-24)14-19-8-10-20(11-9-19)22-7-5-6-21(12-22)16(2)30/h5-13H,14H2,1-4H3,(H,28,31). The lowest BCUT2D eigenvalue weighted by atomic mass is 10.0. The first-order valence-corrected chi connectivity index (χ1v) is 10.1. The number of nitrogens with one attached hydrogen (secondary N) is 1. The molecule has 2 heterocycles. The molecule has 0 aliphatic rings. The van der Waals surface area contributed by atoms with Gasteiger partial charge in [0.25, 0.3) is 0 Å². The smallest absolute Gasteiger partial charge is 0.221 e. The number of nitrogens with zero attached hydrogens (tertiary/aromatic N) is 3. The van der Waals surface area contributed by atoms with E-state index in [0.29, 0.717) is 17.8 Å². The van der Waals surface area contributed by atoms with Crippen LogP contribution in [0, 0.1) is 13.8 Å². The van der Waals surface area contributed by atoms with Gasteiger partial charge >= 0.3 is 0 Å². The number of Topliss-reactive ketones (excluding diaryl/α,β-unsaturated/α-hetero) is 1. The van der Waals surface area contributed by atoms with Crippen LogP contribution in [0.4, 0.5) is 5.69 Å². The number of benzene rings is 2. The molecule has 6 nitrogen and oxygen atoms in total. The third-order valence-electron chi connectivity index (χ3n) is 5.31. The monoisotopic (exact) mass is 412 g/mol. The summed E-state index contributed by atoms with van der Waals surface area (Å²) in [4.78, 5) is 32.4. The van der Waals surface area contributed by atoms with Gasteiger partial charge in [0.1, 0.15) is 11.3 Å². The highest BCUT2D eigenvalue weighted by Crippen LogP contribution is 2.24. The van der Waals surface area contributed by atoms with E-state index < -0.39 is 0 Å². The van der Waals surface area contributed by atoms with Crippen molar-refractivity contribution in [3.05, 3.63) is 77.2 Å². The number of hydrogen-bond donors (Lipinski definition) is 1. The van der Waals surface area contributed by atoms with E-state index in [1.54, 1.807) is 6.92 Å². The summed E-state index contributed by atoms with van der Waals surface area (Å²) in [5.74, 6) is 0.792. The van der Waals surface area contributed by atoms with Gasteiger partial charge < -0.3 is 9.88 Å².